The molecule has 29 heavy (non-hydrogen) atoms. The third kappa shape index (κ3) is 5.49. The first-order chi connectivity index (χ1) is 14.1. The maximum atomic E-state index is 12.2. The number of fused-ring (bicyclic) bond motifs is 1. The lowest BCUT2D eigenvalue weighted by molar-refractivity contribution is -0.120. The number of hydrazone groups is 1. The average Bonchev–Trinajstić information content (AvgIpc) is 3.19. The van der Waals surface area contributed by atoms with Crippen LogP contribution < -0.4 is 25.0 Å². The standard InChI is InChI=1S/C20H16BrN3O5/c1-2-7-27-16-6-4-15(21)8-14(16)10-23-24-19(25)11-22-20(26)13-3-5-17-18(9-13)29-12-28-17/h1,3-6,8-10H,7,11-12H2,(H,22,26)(H,24,25). The summed E-state index contributed by atoms with van der Waals surface area (Å²) in [6.07, 6.45) is 6.62. The van der Waals surface area contributed by atoms with Gasteiger partial charge < -0.3 is 19.5 Å². The van der Waals surface area contributed by atoms with Gasteiger partial charge in [-0.3, -0.25) is 9.59 Å². The Morgan fingerprint density at radius 1 is 1.24 bits per heavy atom. The van der Waals surface area contributed by atoms with Crippen LogP contribution in [0.25, 0.3) is 0 Å². The molecule has 2 amide bonds. The zero-order chi connectivity index (χ0) is 20.6. The van der Waals surface area contributed by atoms with Crippen LogP contribution in [0.3, 0.4) is 0 Å². The Kier molecular flexibility index (Phi) is 6.71. The second kappa shape index (κ2) is 9.61. The number of amides is 2. The van der Waals surface area contributed by atoms with Gasteiger partial charge in [-0.1, -0.05) is 21.9 Å². The number of terminal acetylenes is 1. The molecular weight excluding hydrogens is 442 g/mol. The molecule has 2 aromatic carbocycles. The summed E-state index contributed by atoms with van der Waals surface area (Å²) in [4.78, 5) is 24.1. The van der Waals surface area contributed by atoms with E-state index in [4.69, 9.17) is 20.6 Å². The summed E-state index contributed by atoms with van der Waals surface area (Å²) in [6, 6.07) is 10.1. The van der Waals surface area contributed by atoms with Crippen molar-refractivity contribution in [3.8, 4) is 29.6 Å². The lowest BCUT2D eigenvalue weighted by Gasteiger charge is -2.07. The molecule has 0 saturated heterocycles. The van der Waals surface area contributed by atoms with E-state index in [1.54, 1.807) is 36.4 Å². The maximum Gasteiger partial charge on any atom is 0.259 e. The molecule has 0 spiro atoms. The number of carbonyl (C=O) groups excluding carboxylic acids is 2. The van der Waals surface area contributed by atoms with Gasteiger partial charge in [0.15, 0.2) is 11.5 Å². The van der Waals surface area contributed by atoms with Crippen LogP contribution in [0.15, 0.2) is 46.0 Å². The number of ether oxygens (including phenoxy) is 3. The van der Waals surface area contributed by atoms with Gasteiger partial charge in [-0.05, 0) is 36.4 Å². The molecule has 0 aliphatic carbocycles. The summed E-state index contributed by atoms with van der Waals surface area (Å²) >= 11 is 3.36. The molecule has 1 heterocycles. The molecule has 9 heteroatoms. The zero-order valence-electron chi connectivity index (χ0n) is 15.1. The van der Waals surface area contributed by atoms with Gasteiger partial charge in [0.1, 0.15) is 12.4 Å². The van der Waals surface area contributed by atoms with Gasteiger partial charge in [-0.15, -0.1) is 6.42 Å². The van der Waals surface area contributed by atoms with E-state index in [-0.39, 0.29) is 19.9 Å². The van der Waals surface area contributed by atoms with E-state index < -0.39 is 11.8 Å². The Hall–Kier alpha value is -3.51. The van der Waals surface area contributed by atoms with E-state index in [2.05, 4.69) is 37.7 Å². The number of nitrogens with one attached hydrogen (secondary N) is 2. The molecule has 0 bridgehead atoms. The highest BCUT2D eigenvalue weighted by Gasteiger charge is 2.16. The highest BCUT2D eigenvalue weighted by molar-refractivity contribution is 9.10. The van der Waals surface area contributed by atoms with Crippen molar-refractivity contribution in [2.45, 2.75) is 0 Å². The molecular formula is C20H16BrN3O5. The molecule has 148 valence electrons. The summed E-state index contributed by atoms with van der Waals surface area (Å²) < 4.78 is 16.7. The Bertz CT molecular complexity index is 1000. The average molecular weight is 458 g/mol. The lowest BCUT2D eigenvalue weighted by atomic mass is 10.2. The number of benzene rings is 2. The normalized spacial score (nSPS) is 11.7. The van der Waals surface area contributed by atoms with Crippen LogP contribution in [0.1, 0.15) is 15.9 Å². The van der Waals surface area contributed by atoms with Crippen molar-refractivity contribution in [1.29, 1.82) is 0 Å². The van der Waals surface area contributed by atoms with E-state index in [0.717, 1.165) is 4.47 Å². The second-order valence-electron chi connectivity index (χ2n) is 5.72. The Balaban J connectivity index is 1.52. The first-order valence-electron chi connectivity index (χ1n) is 8.42. The fourth-order valence-electron chi connectivity index (χ4n) is 2.38. The van der Waals surface area contributed by atoms with Gasteiger partial charge in [0.25, 0.3) is 11.8 Å². The zero-order valence-corrected chi connectivity index (χ0v) is 16.7. The monoisotopic (exact) mass is 457 g/mol. The second-order valence-corrected chi connectivity index (χ2v) is 6.63. The van der Waals surface area contributed by atoms with E-state index in [0.29, 0.717) is 28.4 Å². The molecule has 1 aliphatic rings. The van der Waals surface area contributed by atoms with Crippen LogP contribution in [0.4, 0.5) is 0 Å². The third-order valence-corrected chi connectivity index (χ3v) is 4.21. The minimum absolute atomic E-state index is 0.112. The summed E-state index contributed by atoms with van der Waals surface area (Å²) in [5.41, 5.74) is 3.32. The molecule has 1 aliphatic heterocycles. The molecule has 0 aromatic heterocycles. The SMILES string of the molecule is C#CCOc1ccc(Br)cc1C=NNC(=O)CNC(=O)c1ccc2c(c1)OCO2. The fourth-order valence-corrected chi connectivity index (χ4v) is 2.76. The van der Waals surface area contributed by atoms with Crippen LogP contribution in [0.5, 0.6) is 17.2 Å². The molecule has 0 fully saturated rings. The molecule has 0 saturated carbocycles. The predicted octanol–water partition coefficient (Wildman–Crippen LogP) is 2.07. The Labute approximate surface area is 175 Å². The molecule has 0 unspecified atom stereocenters. The minimum atomic E-state index is -0.489. The van der Waals surface area contributed by atoms with E-state index in [9.17, 15) is 9.59 Å². The summed E-state index contributed by atoms with van der Waals surface area (Å²) in [7, 11) is 0. The molecule has 3 rings (SSSR count). The van der Waals surface area contributed by atoms with Crippen molar-refractivity contribution >= 4 is 34.0 Å². The van der Waals surface area contributed by atoms with Crippen molar-refractivity contribution in [3.63, 3.8) is 0 Å². The fraction of sp³-hybridized carbons (Fsp3) is 0.150. The number of rotatable bonds is 7. The molecule has 2 aromatic rings. The van der Waals surface area contributed by atoms with Gasteiger partial charge in [-0.25, -0.2) is 5.43 Å². The van der Waals surface area contributed by atoms with Crippen molar-refractivity contribution in [2.75, 3.05) is 19.9 Å². The van der Waals surface area contributed by atoms with Gasteiger partial charge in [-0.2, -0.15) is 5.10 Å². The quantitative estimate of drug-likeness (QED) is 0.376. The number of carbonyl (C=O) groups is 2. The third-order valence-electron chi connectivity index (χ3n) is 3.72. The minimum Gasteiger partial charge on any atom is -0.480 e. The smallest absolute Gasteiger partial charge is 0.259 e. The highest BCUT2D eigenvalue weighted by atomic mass is 79.9. The van der Waals surface area contributed by atoms with Crippen molar-refractivity contribution in [2.24, 2.45) is 5.10 Å². The van der Waals surface area contributed by atoms with Gasteiger partial charge in [0.05, 0.1) is 12.8 Å². The van der Waals surface area contributed by atoms with Crippen molar-refractivity contribution in [1.82, 2.24) is 10.7 Å². The Morgan fingerprint density at radius 2 is 2.07 bits per heavy atom. The van der Waals surface area contributed by atoms with Gasteiger partial charge >= 0.3 is 0 Å². The van der Waals surface area contributed by atoms with Crippen molar-refractivity contribution < 1.29 is 23.8 Å². The molecule has 8 nitrogen and oxygen atoms in total. The maximum absolute atomic E-state index is 12.2. The first kappa shape index (κ1) is 20.2. The van der Waals surface area contributed by atoms with E-state index >= 15 is 0 Å². The van der Waals surface area contributed by atoms with Gasteiger partial charge in [0.2, 0.25) is 6.79 Å². The number of hydrogen-bond acceptors (Lipinski definition) is 6. The number of nitrogens with zero attached hydrogens (tertiary/aromatic N) is 1. The number of halogens is 1. The molecule has 2 N–H and O–H groups in total. The predicted molar refractivity (Wildman–Crippen MR) is 109 cm³/mol. The largest absolute Gasteiger partial charge is 0.480 e. The van der Waals surface area contributed by atoms with Crippen LogP contribution in [-0.2, 0) is 4.79 Å². The molecule has 0 atom stereocenters. The summed E-state index contributed by atoms with van der Waals surface area (Å²) in [6.45, 7) is -0.0153. The van der Waals surface area contributed by atoms with Crippen LogP contribution >= 0.6 is 15.9 Å². The first-order valence-corrected chi connectivity index (χ1v) is 9.21. The van der Waals surface area contributed by atoms with Gasteiger partial charge in [0, 0.05) is 15.6 Å². The summed E-state index contributed by atoms with van der Waals surface area (Å²) in [5, 5.41) is 6.40. The topological polar surface area (TPSA) is 98.2 Å². The molecule has 0 radical (unpaired) electrons. The number of hydrogen-bond donors (Lipinski definition) is 2. The van der Waals surface area contributed by atoms with Crippen LogP contribution in [-0.4, -0.2) is 38.0 Å². The van der Waals surface area contributed by atoms with Crippen molar-refractivity contribution in [3.05, 3.63) is 52.0 Å². The Morgan fingerprint density at radius 3 is 2.90 bits per heavy atom. The van der Waals surface area contributed by atoms with Crippen LogP contribution in [0, 0.1) is 12.3 Å². The highest BCUT2D eigenvalue weighted by Crippen LogP contribution is 2.32. The van der Waals surface area contributed by atoms with E-state index in [1.807, 2.05) is 0 Å². The summed E-state index contributed by atoms with van der Waals surface area (Å²) in [5.74, 6) is 3.07. The van der Waals surface area contributed by atoms with Crippen LogP contribution in [0.2, 0.25) is 0 Å². The lowest BCUT2D eigenvalue weighted by Crippen LogP contribution is -2.34. The van der Waals surface area contributed by atoms with E-state index in [1.165, 1.54) is 6.21 Å².